The number of rotatable bonds is 5. The zero-order chi connectivity index (χ0) is 14.9. The Hall–Kier alpha value is -2.27. The van der Waals surface area contributed by atoms with Crippen LogP contribution in [0.25, 0.3) is 0 Å². The second-order valence-electron chi connectivity index (χ2n) is 4.52. The lowest BCUT2D eigenvalue weighted by molar-refractivity contribution is 0.836. The quantitative estimate of drug-likeness (QED) is 0.506. The number of pyridine rings is 1. The lowest BCUT2D eigenvalue weighted by Crippen LogP contribution is -2.34. The molecule has 0 amide bonds. The molecule has 21 heavy (non-hydrogen) atoms. The molecule has 5 heteroatoms. The fourth-order valence-corrected chi connectivity index (χ4v) is 1.92. The standard InChI is InChI=1S/C16H18N4S/c1-13(15-9-5-6-11-17-15)19-20-16(21)18-12-10-14-7-3-2-4-8-14/h2-9,11H,10,12H2,1H3,(H2,18,20,21)/b19-13+. The average molecular weight is 298 g/mol. The number of nitrogens with one attached hydrogen (secondary N) is 2. The first-order valence-corrected chi connectivity index (χ1v) is 7.20. The highest BCUT2D eigenvalue weighted by molar-refractivity contribution is 7.80. The van der Waals surface area contributed by atoms with Gasteiger partial charge < -0.3 is 5.32 Å². The largest absolute Gasteiger partial charge is 0.361 e. The smallest absolute Gasteiger partial charge is 0.186 e. The lowest BCUT2D eigenvalue weighted by atomic mass is 10.1. The fourth-order valence-electron chi connectivity index (χ4n) is 1.77. The second-order valence-corrected chi connectivity index (χ2v) is 4.92. The topological polar surface area (TPSA) is 49.3 Å². The third-order valence-electron chi connectivity index (χ3n) is 2.90. The number of hydrazone groups is 1. The molecule has 1 aromatic heterocycles. The van der Waals surface area contributed by atoms with Crippen LogP contribution in [0.1, 0.15) is 18.2 Å². The molecule has 0 saturated heterocycles. The van der Waals surface area contributed by atoms with Gasteiger partial charge in [-0.3, -0.25) is 10.4 Å². The maximum Gasteiger partial charge on any atom is 0.186 e. The zero-order valence-corrected chi connectivity index (χ0v) is 12.7. The van der Waals surface area contributed by atoms with Gasteiger partial charge in [0.15, 0.2) is 5.11 Å². The summed E-state index contributed by atoms with van der Waals surface area (Å²) in [5.41, 5.74) is 5.74. The van der Waals surface area contributed by atoms with Gasteiger partial charge in [-0.15, -0.1) is 0 Å². The van der Waals surface area contributed by atoms with E-state index in [1.807, 2.05) is 43.3 Å². The van der Waals surface area contributed by atoms with Gasteiger partial charge in [-0.2, -0.15) is 5.10 Å². The van der Waals surface area contributed by atoms with Crippen LogP contribution in [0.4, 0.5) is 0 Å². The summed E-state index contributed by atoms with van der Waals surface area (Å²) < 4.78 is 0. The summed E-state index contributed by atoms with van der Waals surface area (Å²) in [6.07, 6.45) is 2.66. The molecule has 0 aliphatic carbocycles. The number of benzene rings is 1. The van der Waals surface area contributed by atoms with Crippen molar-refractivity contribution in [3.8, 4) is 0 Å². The Morgan fingerprint density at radius 2 is 1.90 bits per heavy atom. The van der Waals surface area contributed by atoms with Gasteiger partial charge >= 0.3 is 0 Å². The molecule has 0 spiro atoms. The molecule has 0 saturated carbocycles. The van der Waals surface area contributed by atoms with Crippen molar-refractivity contribution >= 4 is 23.0 Å². The molecular formula is C16H18N4S. The number of hydrogen-bond donors (Lipinski definition) is 2. The minimum absolute atomic E-state index is 0.515. The molecule has 0 unspecified atom stereocenters. The van der Waals surface area contributed by atoms with Gasteiger partial charge in [0.25, 0.3) is 0 Å². The summed E-state index contributed by atoms with van der Waals surface area (Å²) >= 11 is 5.19. The predicted octanol–water partition coefficient (Wildman–Crippen LogP) is 2.51. The summed E-state index contributed by atoms with van der Waals surface area (Å²) in [6.45, 7) is 2.66. The van der Waals surface area contributed by atoms with Crippen molar-refractivity contribution in [3.63, 3.8) is 0 Å². The van der Waals surface area contributed by atoms with Crippen LogP contribution in [0.5, 0.6) is 0 Å². The molecule has 4 nitrogen and oxygen atoms in total. The molecule has 2 N–H and O–H groups in total. The lowest BCUT2D eigenvalue weighted by Gasteiger charge is -2.08. The number of aromatic nitrogens is 1. The van der Waals surface area contributed by atoms with Crippen molar-refractivity contribution in [2.45, 2.75) is 13.3 Å². The molecule has 0 radical (unpaired) electrons. The van der Waals surface area contributed by atoms with E-state index in [-0.39, 0.29) is 0 Å². The fraction of sp³-hybridized carbons (Fsp3) is 0.188. The van der Waals surface area contributed by atoms with Crippen LogP contribution in [0, 0.1) is 0 Å². The van der Waals surface area contributed by atoms with E-state index in [2.05, 4.69) is 33.0 Å². The number of thiocarbonyl (C=S) groups is 1. The van der Waals surface area contributed by atoms with E-state index in [9.17, 15) is 0 Å². The van der Waals surface area contributed by atoms with Crippen LogP contribution in [0.15, 0.2) is 59.8 Å². The van der Waals surface area contributed by atoms with E-state index in [1.165, 1.54) is 5.56 Å². The molecule has 1 heterocycles. The average Bonchev–Trinajstić information content (AvgIpc) is 2.54. The predicted molar refractivity (Wildman–Crippen MR) is 90.3 cm³/mol. The first-order valence-electron chi connectivity index (χ1n) is 6.79. The van der Waals surface area contributed by atoms with Gasteiger partial charge in [-0.25, -0.2) is 0 Å². The van der Waals surface area contributed by atoms with Crippen LogP contribution in [-0.2, 0) is 6.42 Å². The van der Waals surface area contributed by atoms with Crippen LogP contribution >= 0.6 is 12.2 Å². The molecule has 0 aliphatic heterocycles. The van der Waals surface area contributed by atoms with Gasteiger partial charge in [-0.05, 0) is 43.3 Å². The number of hydrogen-bond acceptors (Lipinski definition) is 3. The van der Waals surface area contributed by atoms with Crippen LogP contribution in [0.3, 0.4) is 0 Å². The zero-order valence-electron chi connectivity index (χ0n) is 11.9. The minimum atomic E-state index is 0.515. The first kappa shape index (κ1) is 15.1. The SMILES string of the molecule is C/C(=N\NC(=S)NCCc1ccccc1)c1ccccn1. The highest BCUT2D eigenvalue weighted by atomic mass is 32.1. The van der Waals surface area contributed by atoms with Crippen LogP contribution in [-0.4, -0.2) is 22.4 Å². The molecule has 0 bridgehead atoms. The molecule has 2 rings (SSSR count). The normalized spacial score (nSPS) is 11.0. The van der Waals surface area contributed by atoms with E-state index in [0.29, 0.717) is 5.11 Å². The molecule has 0 fully saturated rings. The van der Waals surface area contributed by atoms with Crippen molar-refractivity contribution < 1.29 is 0 Å². The molecular weight excluding hydrogens is 280 g/mol. The maximum absolute atomic E-state index is 5.19. The highest BCUT2D eigenvalue weighted by Crippen LogP contribution is 1.98. The highest BCUT2D eigenvalue weighted by Gasteiger charge is 1.98. The van der Waals surface area contributed by atoms with Gasteiger partial charge in [0.2, 0.25) is 0 Å². The number of nitrogens with zero attached hydrogens (tertiary/aromatic N) is 2. The van der Waals surface area contributed by atoms with E-state index in [4.69, 9.17) is 12.2 Å². The Balaban J connectivity index is 1.75. The molecule has 2 aromatic rings. The molecule has 108 valence electrons. The first-order chi connectivity index (χ1) is 10.3. The third-order valence-corrected chi connectivity index (χ3v) is 3.14. The Labute approximate surface area is 130 Å². The van der Waals surface area contributed by atoms with Gasteiger partial charge in [0.1, 0.15) is 0 Å². The van der Waals surface area contributed by atoms with Crippen LogP contribution in [0.2, 0.25) is 0 Å². The Morgan fingerprint density at radius 1 is 1.14 bits per heavy atom. The van der Waals surface area contributed by atoms with Gasteiger partial charge in [-0.1, -0.05) is 36.4 Å². The van der Waals surface area contributed by atoms with Crippen LogP contribution < -0.4 is 10.7 Å². The Bertz CT molecular complexity index is 596. The van der Waals surface area contributed by atoms with Gasteiger partial charge in [0, 0.05) is 12.7 Å². The summed E-state index contributed by atoms with van der Waals surface area (Å²) in [5, 5.41) is 7.87. The van der Waals surface area contributed by atoms with E-state index < -0.39 is 0 Å². The molecule has 0 aliphatic rings. The summed E-state index contributed by atoms with van der Waals surface area (Å²) in [4.78, 5) is 4.22. The van der Waals surface area contributed by atoms with Gasteiger partial charge in [0.05, 0.1) is 11.4 Å². The minimum Gasteiger partial charge on any atom is -0.361 e. The monoisotopic (exact) mass is 298 g/mol. The summed E-state index contributed by atoms with van der Waals surface area (Å²) in [6, 6.07) is 16.0. The van der Waals surface area contributed by atoms with E-state index in [0.717, 1.165) is 24.4 Å². The van der Waals surface area contributed by atoms with Crippen molar-refractivity contribution in [3.05, 3.63) is 66.0 Å². The Morgan fingerprint density at radius 3 is 2.62 bits per heavy atom. The van der Waals surface area contributed by atoms with Crippen molar-refractivity contribution in [1.29, 1.82) is 0 Å². The summed E-state index contributed by atoms with van der Waals surface area (Å²) in [5.74, 6) is 0. The van der Waals surface area contributed by atoms with E-state index >= 15 is 0 Å². The Kier molecular flexibility index (Phi) is 5.84. The molecule has 1 aromatic carbocycles. The maximum atomic E-state index is 5.19. The third kappa shape index (κ3) is 5.31. The van der Waals surface area contributed by atoms with Crippen molar-refractivity contribution in [2.24, 2.45) is 5.10 Å². The second kappa shape index (κ2) is 8.11. The molecule has 0 atom stereocenters. The van der Waals surface area contributed by atoms with Crippen molar-refractivity contribution in [2.75, 3.05) is 6.54 Å². The van der Waals surface area contributed by atoms with Crippen molar-refractivity contribution in [1.82, 2.24) is 15.7 Å². The van der Waals surface area contributed by atoms with E-state index in [1.54, 1.807) is 6.20 Å². The summed E-state index contributed by atoms with van der Waals surface area (Å²) in [7, 11) is 0.